The molecule has 0 aliphatic carbocycles. The number of ketones is 2. The van der Waals surface area contributed by atoms with Crippen LogP contribution in [0.1, 0.15) is 31.8 Å². The maximum atomic E-state index is 12.4. The number of allylic oxidation sites excluding steroid dienone is 2. The molecule has 0 saturated heterocycles. The second-order valence-corrected chi connectivity index (χ2v) is 7.20. The van der Waals surface area contributed by atoms with E-state index in [9.17, 15) is 9.59 Å². The van der Waals surface area contributed by atoms with Gasteiger partial charge in [0.05, 0.1) is 0 Å². The molecule has 5 rings (SSSR count). The molecule has 2 aliphatic rings. The van der Waals surface area contributed by atoms with Gasteiger partial charge in [0.15, 0.2) is 34.6 Å². The van der Waals surface area contributed by atoms with Crippen molar-refractivity contribution in [3.63, 3.8) is 0 Å². The van der Waals surface area contributed by atoms with Gasteiger partial charge in [-0.1, -0.05) is 36.4 Å². The average molecular weight is 426 g/mol. The molecular weight excluding hydrogens is 408 g/mol. The summed E-state index contributed by atoms with van der Waals surface area (Å²) in [7, 11) is 0. The van der Waals surface area contributed by atoms with E-state index in [1.807, 2.05) is 24.3 Å². The van der Waals surface area contributed by atoms with Crippen molar-refractivity contribution in [3.05, 3.63) is 95.1 Å². The van der Waals surface area contributed by atoms with Crippen LogP contribution in [0.25, 0.3) is 12.2 Å². The summed E-state index contributed by atoms with van der Waals surface area (Å²) in [5.74, 6) is 2.20. The summed E-state index contributed by atoms with van der Waals surface area (Å²) in [6.45, 7) is 0.345. The van der Waals surface area contributed by atoms with Crippen molar-refractivity contribution in [1.29, 1.82) is 0 Å². The molecule has 0 saturated carbocycles. The number of hydrogen-bond acceptors (Lipinski definition) is 6. The van der Waals surface area contributed by atoms with Crippen molar-refractivity contribution in [1.82, 2.24) is 0 Å². The van der Waals surface area contributed by atoms with Crippen molar-refractivity contribution >= 4 is 23.7 Å². The molecule has 158 valence electrons. The Kier molecular flexibility index (Phi) is 5.17. The molecule has 0 unspecified atom stereocenters. The van der Waals surface area contributed by atoms with Gasteiger partial charge in [0.1, 0.15) is 0 Å². The number of rotatable bonds is 6. The Labute approximate surface area is 184 Å². The van der Waals surface area contributed by atoms with Crippen LogP contribution in [0.15, 0.2) is 72.8 Å². The summed E-state index contributed by atoms with van der Waals surface area (Å²) >= 11 is 0. The van der Waals surface area contributed by atoms with Gasteiger partial charge in [0, 0.05) is 11.1 Å². The lowest BCUT2D eigenvalue weighted by Crippen LogP contribution is -1.94. The summed E-state index contributed by atoms with van der Waals surface area (Å²) in [6.07, 6.45) is 6.54. The van der Waals surface area contributed by atoms with Crippen LogP contribution in [0.2, 0.25) is 0 Å². The summed E-state index contributed by atoms with van der Waals surface area (Å²) in [5.41, 5.74) is 2.82. The lowest BCUT2D eigenvalue weighted by Gasteiger charge is -2.00. The first-order chi connectivity index (χ1) is 15.7. The Bertz CT molecular complexity index is 1160. The summed E-state index contributed by atoms with van der Waals surface area (Å²) in [6, 6.07) is 17.8. The second-order valence-electron chi connectivity index (χ2n) is 7.20. The van der Waals surface area contributed by atoms with Crippen LogP contribution in [-0.2, 0) is 0 Å². The Balaban J connectivity index is 1.22. The minimum Gasteiger partial charge on any atom is -0.454 e. The summed E-state index contributed by atoms with van der Waals surface area (Å²) < 4.78 is 21.1. The minimum atomic E-state index is -0.124. The smallest absolute Gasteiger partial charge is 0.231 e. The third-order valence-corrected chi connectivity index (χ3v) is 5.10. The number of ether oxygens (including phenoxy) is 4. The van der Waals surface area contributed by atoms with E-state index in [1.54, 1.807) is 48.6 Å². The fourth-order valence-electron chi connectivity index (χ4n) is 3.35. The Morgan fingerprint density at radius 2 is 0.969 bits per heavy atom. The first kappa shape index (κ1) is 19.6. The Hall–Kier alpha value is -4.32. The molecule has 2 aliphatic heterocycles. The fraction of sp³-hybridized carbons (Fsp3) is 0.0769. The Morgan fingerprint density at radius 3 is 1.41 bits per heavy atom. The largest absolute Gasteiger partial charge is 0.454 e. The molecular formula is C26H18O6. The molecule has 3 aromatic rings. The zero-order valence-electron chi connectivity index (χ0n) is 16.9. The van der Waals surface area contributed by atoms with Gasteiger partial charge in [0.2, 0.25) is 13.6 Å². The van der Waals surface area contributed by atoms with Crippen molar-refractivity contribution in [3.8, 4) is 23.0 Å². The molecule has 0 spiro atoms. The molecule has 6 heteroatoms. The summed E-state index contributed by atoms with van der Waals surface area (Å²) in [5, 5.41) is 0. The number of benzene rings is 3. The maximum Gasteiger partial charge on any atom is 0.231 e. The normalized spacial score (nSPS) is 13.8. The maximum absolute atomic E-state index is 12.4. The number of fused-ring (bicyclic) bond motifs is 2. The van der Waals surface area contributed by atoms with Crippen LogP contribution in [0.4, 0.5) is 0 Å². The highest BCUT2D eigenvalue weighted by atomic mass is 16.7. The van der Waals surface area contributed by atoms with Crippen LogP contribution in [-0.4, -0.2) is 25.2 Å². The molecule has 0 amide bonds. The van der Waals surface area contributed by atoms with E-state index in [1.165, 1.54) is 12.2 Å². The average Bonchev–Trinajstić information content (AvgIpc) is 3.49. The molecule has 2 heterocycles. The second kappa shape index (κ2) is 8.43. The zero-order chi connectivity index (χ0) is 21.9. The highest BCUT2D eigenvalue weighted by Crippen LogP contribution is 2.33. The van der Waals surface area contributed by atoms with E-state index in [0.717, 1.165) is 11.1 Å². The van der Waals surface area contributed by atoms with Crippen molar-refractivity contribution in [2.75, 3.05) is 13.6 Å². The highest BCUT2D eigenvalue weighted by Gasteiger charge is 2.16. The standard InChI is InChI=1S/C26H18O6/c27-21(19-7-11-23-25(13-19)31-15-29-23)9-5-17-1-2-18(4-3-17)6-10-22(28)20-8-12-24-26(14-20)32-16-30-24/h1-14H,15-16H2/b9-5+,10-6+. The molecule has 0 bridgehead atoms. The molecule has 6 nitrogen and oxygen atoms in total. The van der Waals surface area contributed by atoms with E-state index in [4.69, 9.17) is 18.9 Å². The van der Waals surface area contributed by atoms with Crippen molar-refractivity contribution in [2.45, 2.75) is 0 Å². The predicted molar refractivity (Wildman–Crippen MR) is 118 cm³/mol. The summed E-state index contributed by atoms with van der Waals surface area (Å²) in [4.78, 5) is 24.8. The topological polar surface area (TPSA) is 71.1 Å². The molecule has 0 atom stereocenters. The van der Waals surface area contributed by atoms with E-state index in [0.29, 0.717) is 34.1 Å². The number of carbonyl (C=O) groups is 2. The highest BCUT2D eigenvalue weighted by molar-refractivity contribution is 6.08. The van der Waals surface area contributed by atoms with Crippen LogP contribution < -0.4 is 18.9 Å². The molecule has 0 radical (unpaired) electrons. The zero-order valence-corrected chi connectivity index (χ0v) is 16.9. The minimum absolute atomic E-state index is 0.124. The fourth-order valence-corrected chi connectivity index (χ4v) is 3.35. The third kappa shape index (κ3) is 4.11. The van der Waals surface area contributed by atoms with Gasteiger partial charge >= 0.3 is 0 Å². The van der Waals surface area contributed by atoms with E-state index < -0.39 is 0 Å². The number of carbonyl (C=O) groups excluding carboxylic acids is 2. The van der Waals surface area contributed by atoms with E-state index >= 15 is 0 Å². The first-order valence-corrected chi connectivity index (χ1v) is 10.00. The monoisotopic (exact) mass is 426 g/mol. The van der Waals surface area contributed by atoms with Crippen molar-refractivity contribution < 1.29 is 28.5 Å². The lowest BCUT2D eigenvalue weighted by atomic mass is 10.1. The van der Waals surface area contributed by atoms with Gasteiger partial charge in [0.25, 0.3) is 0 Å². The van der Waals surface area contributed by atoms with Gasteiger partial charge in [-0.25, -0.2) is 0 Å². The van der Waals surface area contributed by atoms with Gasteiger partial charge in [-0.15, -0.1) is 0 Å². The van der Waals surface area contributed by atoms with Crippen molar-refractivity contribution in [2.24, 2.45) is 0 Å². The lowest BCUT2D eigenvalue weighted by molar-refractivity contribution is 0.103. The van der Waals surface area contributed by atoms with Gasteiger partial charge in [-0.2, -0.15) is 0 Å². The van der Waals surface area contributed by atoms with E-state index in [-0.39, 0.29) is 25.2 Å². The Morgan fingerprint density at radius 1 is 0.562 bits per heavy atom. The molecule has 32 heavy (non-hydrogen) atoms. The van der Waals surface area contributed by atoms with Crippen LogP contribution >= 0.6 is 0 Å². The SMILES string of the molecule is O=C(/C=C/c1ccc(/C=C/C(=O)c2ccc3c(c2)OCO3)cc1)c1ccc2c(c1)OCO2. The molecule has 0 fully saturated rings. The van der Waals surface area contributed by atoms with Crippen LogP contribution in [0.3, 0.4) is 0 Å². The quantitative estimate of drug-likeness (QED) is 0.411. The van der Waals surface area contributed by atoms with Gasteiger partial charge in [-0.3, -0.25) is 9.59 Å². The molecule has 3 aromatic carbocycles. The van der Waals surface area contributed by atoms with Gasteiger partial charge in [-0.05, 0) is 59.7 Å². The third-order valence-electron chi connectivity index (χ3n) is 5.10. The predicted octanol–water partition coefficient (Wildman–Crippen LogP) is 4.94. The van der Waals surface area contributed by atoms with Gasteiger partial charge < -0.3 is 18.9 Å². The first-order valence-electron chi connectivity index (χ1n) is 10.00. The van der Waals surface area contributed by atoms with Crippen LogP contribution in [0.5, 0.6) is 23.0 Å². The van der Waals surface area contributed by atoms with E-state index in [2.05, 4.69) is 0 Å². The number of hydrogen-bond donors (Lipinski definition) is 0. The molecule has 0 aromatic heterocycles. The van der Waals surface area contributed by atoms with Crippen LogP contribution in [0, 0.1) is 0 Å². The molecule has 0 N–H and O–H groups in total.